The zero-order chi connectivity index (χ0) is 14.4. The highest BCUT2D eigenvalue weighted by Gasteiger charge is 2.17. The van der Waals surface area contributed by atoms with Crippen LogP contribution in [0.5, 0.6) is 0 Å². The van der Waals surface area contributed by atoms with Crippen LogP contribution in [0.4, 0.5) is 11.4 Å². The molecule has 0 saturated carbocycles. The number of aliphatic hydroxyl groups is 1. The molecule has 1 amide bonds. The maximum atomic E-state index is 11.8. The molecule has 2 N–H and O–H groups in total. The molecule has 0 heterocycles. The van der Waals surface area contributed by atoms with E-state index >= 15 is 0 Å². The van der Waals surface area contributed by atoms with Gasteiger partial charge in [0.2, 0.25) is 5.91 Å². The zero-order valence-electron chi connectivity index (χ0n) is 10.9. The maximum absolute atomic E-state index is 11.8. The first-order valence-electron chi connectivity index (χ1n) is 5.80. The molecule has 0 radical (unpaired) electrons. The van der Waals surface area contributed by atoms with Gasteiger partial charge in [0, 0.05) is 12.1 Å². The number of likely N-dealkylation sites (N-methyl/N-ethyl adjacent to an activating group) is 1. The second kappa shape index (κ2) is 6.81. The van der Waals surface area contributed by atoms with Crippen LogP contribution in [0.1, 0.15) is 6.92 Å². The highest BCUT2D eigenvalue weighted by atomic mass is 16.6. The van der Waals surface area contributed by atoms with Crippen molar-refractivity contribution >= 4 is 17.3 Å². The number of benzene rings is 1. The molecule has 0 spiro atoms. The summed E-state index contributed by atoms with van der Waals surface area (Å²) in [6.07, 6.45) is 0. The fourth-order valence-electron chi connectivity index (χ4n) is 1.45. The lowest BCUT2D eigenvalue weighted by molar-refractivity contribution is -0.383. The maximum Gasteiger partial charge on any atom is 0.292 e. The second-order valence-electron chi connectivity index (χ2n) is 4.27. The number of amides is 1. The van der Waals surface area contributed by atoms with Gasteiger partial charge < -0.3 is 10.4 Å². The van der Waals surface area contributed by atoms with E-state index in [-0.39, 0.29) is 36.5 Å². The fraction of sp³-hybridized carbons (Fsp3) is 0.417. The highest BCUT2D eigenvalue weighted by Crippen LogP contribution is 2.22. The molecular weight excluding hydrogens is 250 g/mol. The van der Waals surface area contributed by atoms with Crippen molar-refractivity contribution in [2.24, 2.45) is 0 Å². The molecule has 0 fully saturated rings. The van der Waals surface area contributed by atoms with Crippen molar-refractivity contribution in [1.82, 2.24) is 4.90 Å². The van der Waals surface area contributed by atoms with Gasteiger partial charge in [-0.2, -0.15) is 0 Å². The van der Waals surface area contributed by atoms with Crippen LogP contribution in [0.2, 0.25) is 0 Å². The number of anilines is 1. The van der Waals surface area contributed by atoms with E-state index in [9.17, 15) is 14.9 Å². The van der Waals surface area contributed by atoms with E-state index in [0.29, 0.717) is 0 Å². The van der Waals surface area contributed by atoms with Gasteiger partial charge in [-0.15, -0.1) is 0 Å². The van der Waals surface area contributed by atoms with Crippen molar-refractivity contribution in [3.05, 3.63) is 34.4 Å². The van der Waals surface area contributed by atoms with Crippen LogP contribution in [0.25, 0.3) is 0 Å². The number of carbonyl (C=O) groups excluding carboxylic acids is 1. The van der Waals surface area contributed by atoms with E-state index in [1.165, 1.54) is 18.2 Å². The summed E-state index contributed by atoms with van der Waals surface area (Å²) in [5.41, 5.74) is 0.0243. The van der Waals surface area contributed by atoms with Crippen molar-refractivity contribution in [1.29, 1.82) is 0 Å². The molecule has 104 valence electrons. The number of hydrogen-bond acceptors (Lipinski definition) is 5. The SMILES string of the molecule is CC(CO)N(C)CC(=O)Nc1ccccc1[N+](=O)[O-]. The van der Waals surface area contributed by atoms with Crippen LogP contribution in [0.15, 0.2) is 24.3 Å². The van der Waals surface area contributed by atoms with Crippen molar-refractivity contribution in [2.45, 2.75) is 13.0 Å². The van der Waals surface area contributed by atoms with Gasteiger partial charge in [0.05, 0.1) is 18.1 Å². The summed E-state index contributed by atoms with van der Waals surface area (Å²) in [6, 6.07) is 5.80. The number of nitrogens with zero attached hydrogens (tertiary/aromatic N) is 2. The van der Waals surface area contributed by atoms with E-state index < -0.39 is 4.92 Å². The first kappa shape index (κ1) is 15.1. The van der Waals surface area contributed by atoms with Crippen LogP contribution >= 0.6 is 0 Å². The molecule has 0 aliphatic rings. The van der Waals surface area contributed by atoms with E-state index in [1.54, 1.807) is 24.9 Å². The Bertz CT molecular complexity index is 464. The monoisotopic (exact) mass is 267 g/mol. The lowest BCUT2D eigenvalue weighted by atomic mass is 10.2. The molecule has 7 heteroatoms. The van der Waals surface area contributed by atoms with Crippen LogP contribution in [-0.2, 0) is 4.79 Å². The topological polar surface area (TPSA) is 95.7 Å². The summed E-state index contributed by atoms with van der Waals surface area (Å²) in [5, 5.41) is 22.3. The smallest absolute Gasteiger partial charge is 0.292 e. The Labute approximate surface area is 111 Å². The lowest BCUT2D eigenvalue weighted by Gasteiger charge is -2.21. The Morgan fingerprint density at radius 2 is 2.16 bits per heavy atom. The molecule has 7 nitrogen and oxygen atoms in total. The van der Waals surface area contributed by atoms with E-state index in [4.69, 9.17) is 5.11 Å². The number of nitro groups is 1. The van der Waals surface area contributed by atoms with Gasteiger partial charge in [0.25, 0.3) is 5.69 Å². The number of para-hydroxylation sites is 2. The van der Waals surface area contributed by atoms with Crippen molar-refractivity contribution in [3.63, 3.8) is 0 Å². The van der Waals surface area contributed by atoms with Crippen LogP contribution < -0.4 is 5.32 Å². The Morgan fingerprint density at radius 3 is 2.74 bits per heavy atom. The van der Waals surface area contributed by atoms with Crippen molar-refractivity contribution in [3.8, 4) is 0 Å². The summed E-state index contributed by atoms with van der Waals surface area (Å²) in [6.45, 7) is 1.77. The zero-order valence-corrected chi connectivity index (χ0v) is 10.9. The van der Waals surface area contributed by atoms with E-state index in [0.717, 1.165) is 0 Å². The molecule has 1 aromatic rings. The molecule has 1 atom stereocenters. The van der Waals surface area contributed by atoms with Gasteiger partial charge in [-0.05, 0) is 20.0 Å². The number of carbonyl (C=O) groups is 1. The lowest BCUT2D eigenvalue weighted by Crippen LogP contribution is -2.38. The van der Waals surface area contributed by atoms with Gasteiger partial charge in [0.15, 0.2) is 0 Å². The molecule has 0 aliphatic heterocycles. The Kier molecular flexibility index (Phi) is 5.40. The minimum absolute atomic E-state index is 0.0494. The summed E-state index contributed by atoms with van der Waals surface area (Å²) < 4.78 is 0. The molecule has 0 bridgehead atoms. The van der Waals surface area contributed by atoms with Crippen LogP contribution in [0.3, 0.4) is 0 Å². The molecule has 1 rings (SSSR count). The average molecular weight is 267 g/mol. The van der Waals surface area contributed by atoms with Gasteiger partial charge in [0.1, 0.15) is 5.69 Å². The van der Waals surface area contributed by atoms with Crippen molar-refractivity contribution in [2.75, 3.05) is 25.5 Å². The molecule has 1 unspecified atom stereocenters. The third kappa shape index (κ3) is 4.31. The molecule has 0 aromatic heterocycles. The summed E-state index contributed by atoms with van der Waals surface area (Å²) in [7, 11) is 1.69. The standard InChI is InChI=1S/C12H17N3O4/c1-9(8-16)14(2)7-12(17)13-10-5-3-4-6-11(10)15(18)19/h3-6,9,16H,7-8H2,1-2H3,(H,13,17). The highest BCUT2D eigenvalue weighted by molar-refractivity contribution is 5.94. The van der Waals surface area contributed by atoms with Crippen molar-refractivity contribution < 1.29 is 14.8 Å². The molecule has 1 aromatic carbocycles. The summed E-state index contributed by atoms with van der Waals surface area (Å²) >= 11 is 0. The minimum atomic E-state index is -0.546. The Morgan fingerprint density at radius 1 is 1.53 bits per heavy atom. The number of nitrogens with one attached hydrogen (secondary N) is 1. The molecular formula is C12H17N3O4. The minimum Gasteiger partial charge on any atom is -0.395 e. The van der Waals surface area contributed by atoms with Gasteiger partial charge in [-0.1, -0.05) is 12.1 Å². The van der Waals surface area contributed by atoms with Crippen LogP contribution in [0, 0.1) is 10.1 Å². The molecule has 0 aliphatic carbocycles. The Hall–Kier alpha value is -1.99. The number of hydrogen-bond donors (Lipinski definition) is 2. The van der Waals surface area contributed by atoms with Gasteiger partial charge in [-0.3, -0.25) is 19.8 Å². The third-order valence-corrected chi connectivity index (χ3v) is 2.78. The quantitative estimate of drug-likeness (QED) is 0.588. The number of aliphatic hydroxyl groups excluding tert-OH is 1. The Balaban J connectivity index is 2.70. The normalized spacial score (nSPS) is 12.2. The predicted octanol–water partition coefficient (Wildman–Crippen LogP) is 0.846. The van der Waals surface area contributed by atoms with E-state index in [2.05, 4.69) is 5.32 Å². The second-order valence-corrected chi connectivity index (χ2v) is 4.27. The van der Waals surface area contributed by atoms with Gasteiger partial charge >= 0.3 is 0 Å². The predicted molar refractivity (Wildman–Crippen MR) is 70.9 cm³/mol. The molecule has 0 saturated heterocycles. The number of nitro benzene ring substituents is 1. The first-order chi connectivity index (χ1) is 8.95. The third-order valence-electron chi connectivity index (χ3n) is 2.78. The average Bonchev–Trinajstić information content (AvgIpc) is 2.37. The first-order valence-corrected chi connectivity index (χ1v) is 5.80. The van der Waals surface area contributed by atoms with Crippen LogP contribution in [-0.4, -0.2) is 47.1 Å². The fourth-order valence-corrected chi connectivity index (χ4v) is 1.45. The summed E-state index contributed by atoms with van der Waals surface area (Å²) in [4.78, 5) is 23.7. The van der Waals surface area contributed by atoms with E-state index in [1.807, 2.05) is 0 Å². The summed E-state index contributed by atoms with van der Waals surface area (Å²) in [5.74, 6) is -0.364. The largest absolute Gasteiger partial charge is 0.395 e. The van der Waals surface area contributed by atoms with Gasteiger partial charge in [-0.25, -0.2) is 0 Å². The molecule has 19 heavy (non-hydrogen) atoms. The number of rotatable bonds is 6.